The Kier molecular flexibility index (Phi) is 6.53. The van der Waals surface area contributed by atoms with Gasteiger partial charge in [0.25, 0.3) is 0 Å². The van der Waals surface area contributed by atoms with Crippen LogP contribution in [0.15, 0.2) is 0 Å². The molecule has 0 bridgehead atoms. The van der Waals surface area contributed by atoms with E-state index in [1.54, 1.807) is 21.3 Å². The lowest BCUT2D eigenvalue weighted by Crippen LogP contribution is -2.21. The maximum absolute atomic E-state index is 5.41. The standard InChI is InChI=1S/C8H14O.C3H10O3Si/c1-2-6-3-4-7-8(5-6)9-7;1-4-7(5-2)6-3/h6-8H,2-5H2,1H3;7H,1-3H3. The second-order valence-corrected chi connectivity index (χ2v) is 6.29. The van der Waals surface area contributed by atoms with E-state index >= 15 is 0 Å². The molecule has 1 saturated carbocycles. The van der Waals surface area contributed by atoms with Gasteiger partial charge in [-0.3, -0.25) is 0 Å². The molecule has 0 radical (unpaired) electrons. The Morgan fingerprint density at radius 1 is 1.06 bits per heavy atom. The smallest absolute Gasteiger partial charge is 0.379 e. The van der Waals surface area contributed by atoms with Gasteiger partial charge in [-0.05, 0) is 25.2 Å². The van der Waals surface area contributed by atoms with Gasteiger partial charge < -0.3 is 18.0 Å². The zero-order valence-corrected chi connectivity index (χ0v) is 11.9. The topological polar surface area (TPSA) is 40.2 Å². The van der Waals surface area contributed by atoms with Crippen LogP contribution in [0.5, 0.6) is 0 Å². The maximum Gasteiger partial charge on any atom is 0.483 e. The highest BCUT2D eigenvalue weighted by molar-refractivity contribution is 6.36. The molecule has 4 nitrogen and oxygen atoms in total. The van der Waals surface area contributed by atoms with Crippen LogP contribution in [0.2, 0.25) is 0 Å². The third-order valence-electron chi connectivity index (χ3n) is 3.27. The van der Waals surface area contributed by atoms with Crippen LogP contribution in [-0.4, -0.2) is 43.1 Å². The molecule has 2 rings (SSSR count). The largest absolute Gasteiger partial charge is 0.483 e. The van der Waals surface area contributed by atoms with Gasteiger partial charge in [0.05, 0.1) is 12.2 Å². The van der Waals surface area contributed by atoms with Crippen LogP contribution >= 0.6 is 0 Å². The van der Waals surface area contributed by atoms with Gasteiger partial charge in [-0.15, -0.1) is 0 Å². The van der Waals surface area contributed by atoms with Crippen LogP contribution in [-0.2, 0) is 18.0 Å². The molecule has 1 aliphatic heterocycles. The minimum atomic E-state index is -1.67. The van der Waals surface area contributed by atoms with Crippen molar-refractivity contribution in [3.63, 3.8) is 0 Å². The van der Waals surface area contributed by atoms with E-state index in [1.807, 2.05) is 0 Å². The van der Waals surface area contributed by atoms with Gasteiger partial charge in [-0.2, -0.15) is 0 Å². The van der Waals surface area contributed by atoms with Crippen molar-refractivity contribution in [2.24, 2.45) is 5.92 Å². The predicted molar refractivity (Wildman–Crippen MR) is 64.5 cm³/mol. The fourth-order valence-electron chi connectivity index (χ4n) is 2.15. The summed E-state index contributed by atoms with van der Waals surface area (Å²) < 4.78 is 19.6. The van der Waals surface area contributed by atoms with E-state index in [9.17, 15) is 0 Å². The van der Waals surface area contributed by atoms with Crippen molar-refractivity contribution in [3.8, 4) is 0 Å². The summed E-state index contributed by atoms with van der Waals surface area (Å²) in [5.41, 5.74) is 0. The molecule has 16 heavy (non-hydrogen) atoms. The molecule has 2 fully saturated rings. The highest BCUT2D eigenvalue weighted by Gasteiger charge is 2.43. The van der Waals surface area contributed by atoms with Gasteiger partial charge in [0.2, 0.25) is 0 Å². The minimum Gasteiger partial charge on any atom is -0.379 e. The third-order valence-corrected chi connectivity index (χ3v) is 4.42. The number of rotatable bonds is 4. The van der Waals surface area contributed by atoms with Crippen molar-refractivity contribution < 1.29 is 18.0 Å². The molecule has 5 heteroatoms. The van der Waals surface area contributed by atoms with E-state index in [0.717, 1.165) is 5.92 Å². The SMILES string of the molecule is CCC1CCC2OC2C1.CO[SiH](OC)OC. The zero-order chi connectivity index (χ0) is 12.0. The van der Waals surface area contributed by atoms with Gasteiger partial charge in [-0.1, -0.05) is 13.3 Å². The molecular weight excluding hydrogens is 224 g/mol. The summed E-state index contributed by atoms with van der Waals surface area (Å²) in [6, 6.07) is 0. The average Bonchev–Trinajstić information content (AvgIpc) is 3.10. The van der Waals surface area contributed by atoms with Crippen molar-refractivity contribution in [1.82, 2.24) is 0 Å². The van der Waals surface area contributed by atoms with E-state index in [1.165, 1.54) is 25.7 Å². The molecule has 0 spiro atoms. The van der Waals surface area contributed by atoms with Crippen LogP contribution in [0.4, 0.5) is 0 Å². The summed E-state index contributed by atoms with van der Waals surface area (Å²) in [5.74, 6) is 0.980. The summed E-state index contributed by atoms with van der Waals surface area (Å²) in [6.07, 6.45) is 6.82. The molecule has 2 aliphatic rings. The Labute approximate surface area is 100 Å². The summed E-state index contributed by atoms with van der Waals surface area (Å²) in [7, 11) is 3.05. The number of fused-ring (bicyclic) bond motifs is 1. The first-order chi connectivity index (χ1) is 7.74. The molecule has 3 unspecified atom stereocenters. The molecule has 0 aromatic heterocycles. The highest BCUT2D eigenvalue weighted by atomic mass is 28.3. The van der Waals surface area contributed by atoms with E-state index < -0.39 is 9.53 Å². The molecule has 0 aromatic rings. The summed E-state index contributed by atoms with van der Waals surface area (Å²) in [5, 5.41) is 0. The molecule has 0 amide bonds. The molecule has 96 valence electrons. The fraction of sp³-hybridized carbons (Fsp3) is 1.00. The van der Waals surface area contributed by atoms with Crippen molar-refractivity contribution in [3.05, 3.63) is 0 Å². The summed E-state index contributed by atoms with van der Waals surface area (Å²) >= 11 is 0. The number of hydrogen-bond donors (Lipinski definition) is 0. The Morgan fingerprint density at radius 3 is 2.06 bits per heavy atom. The van der Waals surface area contributed by atoms with Crippen LogP contribution in [0.1, 0.15) is 32.6 Å². The number of ether oxygens (including phenoxy) is 1. The third kappa shape index (κ3) is 4.51. The molecule has 1 aliphatic carbocycles. The molecule has 1 saturated heterocycles. The fourth-order valence-corrected chi connectivity index (χ4v) is 2.72. The molecule has 1 heterocycles. The zero-order valence-electron chi connectivity index (χ0n) is 10.8. The Balaban J connectivity index is 0.000000168. The second-order valence-electron chi connectivity index (χ2n) is 4.30. The van der Waals surface area contributed by atoms with Crippen molar-refractivity contribution in [2.45, 2.75) is 44.8 Å². The van der Waals surface area contributed by atoms with E-state index in [4.69, 9.17) is 18.0 Å². The molecule has 3 atom stereocenters. The molecule has 0 aromatic carbocycles. The first kappa shape index (κ1) is 14.1. The van der Waals surface area contributed by atoms with Crippen LogP contribution in [0.3, 0.4) is 0 Å². The predicted octanol–water partition coefficient (Wildman–Crippen LogP) is 1.61. The second kappa shape index (κ2) is 7.40. The monoisotopic (exact) mass is 248 g/mol. The Bertz CT molecular complexity index is 181. The van der Waals surface area contributed by atoms with Crippen LogP contribution < -0.4 is 0 Å². The Morgan fingerprint density at radius 2 is 1.69 bits per heavy atom. The van der Waals surface area contributed by atoms with Gasteiger partial charge in [-0.25, -0.2) is 0 Å². The van der Waals surface area contributed by atoms with E-state index in [2.05, 4.69) is 6.92 Å². The quantitative estimate of drug-likeness (QED) is 0.560. The van der Waals surface area contributed by atoms with Crippen molar-refractivity contribution in [2.75, 3.05) is 21.3 Å². The van der Waals surface area contributed by atoms with Gasteiger partial charge >= 0.3 is 9.53 Å². The number of hydrogen-bond acceptors (Lipinski definition) is 4. The lowest BCUT2D eigenvalue weighted by atomic mass is 9.88. The molecular formula is C11H24O4Si. The van der Waals surface area contributed by atoms with Crippen molar-refractivity contribution in [1.29, 1.82) is 0 Å². The minimum absolute atomic E-state index is 0.684. The van der Waals surface area contributed by atoms with E-state index in [-0.39, 0.29) is 0 Å². The lowest BCUT2D eigenvalue weighted by molar-refractivity contribution is 0.163. The summed E-state index contributed by atoms with van der Waals surface area (Å²) in [6.45, 7) is 2.29. The first-order valence-electron chi connectivity index (χ1n) is 5.98. The molecule has 0 N–H and O–H groups in total. The average molecular weight is 248 g/mol. The van der Waals surface area contributed by atoms with Crippen LogP contribution in [0, 0.1) is 5.92 Å². The number of epoxide rings is 1. The normalized spacial score (nSPS) is 31.7. The first-order valence-corrected chi connectivity index (χ1v) is 7.40. The maximum atomic E-state index is 5.41. The van der Waals surface area contributed by atoms with Gasteiger partial charge in [0.15, 0.2) is 0 Å². The Hall–Kier alpha value is 0.0569. The van der Waals surface area contributed by atoms with E-state index in [0.29, 0.717) is 12.2 Å². The van der Waals surface area contributed by atoms with Crippen LogP contribution in [0.25, 0.3) is 0 Å². The van der Waals surface area contributed by atoms with Gasteiger partial charge in [0, 0.05) is 21.3 Å². The van der Waals surface area contributed by atoms with Gasteiger partial charge in [0.1, 0.15) is 0 Å². The summed E-state index contributed by atoms with van der Waals surface area (Å²) in [4.78, 5) is 0. The lowest BCUT2D eigenvalue weighted by Gasteiger charge is -2.15. The van der Waals surface area contributed by atoms with Crippen molar-refractivity contribution >= 4 is 9.53 Å². The highest BCUT2D eigenvalue weighted by Crippen LogP contribution is 2.40.